The number of likely N-dealkylation sites (N-methyl/N-ethyl adjacent to an activating group) is 1. The van der Waals surface area contributed by atoms with Gasteiger partial charge in [-0.05, 0) is 47.3 Å². The number of halogens is 1. The summed E-state index contributed by atoms with van der Waals surface area (Å²) in [6, 6.07) is 7.93. The Balaban J connectivity index is 1.62. The molecule has 0 spiro atoms. The largest absolute Gasteiger partial charge is 0.492 e. The number of nitrogens with zero attached hydrogens (tertiary/aromatic N) is 1. The van der Waals surface area contributed by atoms with Crippen LogP contribution in [0.15, 0.2) is 28.7 Å². The monoisotopic (exact) mass is 368 g/mol. The smallest absolute Gasteiger partial charge is 0.239 e. The van der Waals surface area contributed by atoms with Gasteiger partial charge in [-0.15, -0.1) is 0 Å². The molecule has 0 aromatic heterocycles. The van der Waals surface area contributed by atoms with Gasteiger partial charge in [-0.2, -0.15) is 0 Å². The van der Waals surface area contributed by atoms with E-state index in [4.69, 9.17) is 4.74 Å². The molecule has 1 aromatic carbocycles. The zero-order valence-electron chi connectivity index (χ0n) is 12.7. The van der Waals surface area contributed by atoms with E-state index in [2.05, 4.69) is 21.2 Å². The van der Waals surface area contributed by atoms with Crippen LogP contribution in [0.4, 0.5) is 0 Å². The molecule has 22 heavy (non-hydrogen) atoms. The minimum Gasteiger partial charge on any atom is -0.492 e. The van der Waals surface area contributed by atoms with Crippen LogP contribution < -0.4 is 10.1 Å². The van der Waals surface area contributed by atoms with Gasteiger partial charge in [0.1, 0.15) is 5.75 Å². The fourth-order valence-corrected chi connectivity index (χ4v) is 2.36. The zero-order valence-corrected chi connectivity index (χ0v) is 14.3. The minimum atomic E-state index is -0.0807. The molecule has 1 saturated carbocycles. The van der Waals surface area contributed by atoms with Gasteiger partial charge >= 0.3 is 0 Å². The lowest BCUT2D eigenvalue weighted by Gasteiger charge is -2.16. The fourth-order valence-electron chi connectivity index (χ4n) is 1.96. The van der Waals surface area contributed by atoms with Gasteiger partial charge in [0.05, 0.1) is 17.6 Å². The van der Waals surface area contributed by atoms with E-state index < -0.39 is 0 Å². The summed E-state index contributed by atoms with van der Waals surface area (Å²) in [5.41, 5.74) is 0. The quantitative estimate of drug-likeness (QED) is 0.716. The van der Waals surface area contributed by atoms with Gasteiger partial charge in [0.2, 0.25) is 11.8 Å². The van der Waals surface area contributed by atoms with Crippen molar-refractivity contribution >= 4 is 27.7 Å². The van der Waals surface area contributed by atoms with E-state index in [1.807, 2.05) is 24.3 Å². The van der Waals surface area contributed by atoms with E-state index >= 15 is 0 Å². The number of nitrogens with one attached hydrogen (secondary N) is 1. The van der Waals surface area contributed by atoms with Crippen LogP contribution in [0.3, 0.4) is 0 Å². The molecular formula is C16H21BrN2O3. The molecule has 0 heterocycles. The number of ether oxygens (including phenoxy) is 1. The van der Waals surface area contributed by atoms with E-state index in [1.54, 1.807) is 7.05 Å². The van der Waals surface area contributed by atoms with E-state index in [1.165, 1.54) is 4.90 Å². The average Bonchev–Trinajstić information content (AvgIpc) is 3.28. The Bertz CT molecular complexity index is 532. The first-order chi connectivity index (χ1) is 10.6. The maximum atomic E-state index is 11.9. The lowest BCUT2D eigenvalue weighted by Crippen LogP contribution is -2.39. The molecule has 0 bridgehead atoms. The summed E-state index contributed by atoms with van der Waals surface area (Å²) in [7, 11) is 1.66. The molecule has 120 valence electrons. The van der Waals surface area contributed by atoms with Crippen molar-refractivity contribution in [1.29, 1.82) is 0 Å². The van der Waals surface area contributed by atoms with Gasteiger partial charge in [0, 0.05) is 19.5 Å². The first-order valence-corrected chi connectivity index (χ1v) is 8.26. The van der Waals surface area contributed by atoms with Crippen molar-refractivity contribution in [2.45, 2.75) is 31.7 Å². The van der Waals surface area contributed by atoms with Crippen LogP contribution in [0, 0.1) is 0 Å². The summed E-state index contributed by atoms with van der Waals surface area (Å²) in [4.78, 5) is 25.0. The number of rotatable bonds is 8. The molecular weight excluding hydrogens is 348 g/mol. The van der Waals surface area contributed by atoms with Gasteiger partial charge in [-0.1, -0.05) is 12.1 Å². The van der Waals surface area contributed by atoms with Crippen LogP contribution in [0.5, 0.6) is 5.75 Å². The van der Waals surface area contributed by atoms with Crippen molar-refractivity contribution < 1.29 is 14.3 Å². The van der Waals surface area contributed by atoms with Gasteiger partial charge in [0.25, 0.3) is 0 Å². The predicted octanol–water partition coefficient (Wildman–Crippen LogP) is 2.35. The molecule has 0 radical (unpaired) electrons. The topological polar surface area (TPSA) is 58.6 Å². The highest BCUT2D eigenvalue weighted by atomic mass is 79.9. The second kappa shape index (κ2) is 8.17. The molecule has 1 aromatic rings. The number of carbonyl (C=O) groups is 2. The Kier molecular flexibility index (Phi) is 6.24. The maximum Gasteiger partial charge on any atom is 0.239 e. The summed E-state index contributed by atoms with van der Waals surface area (Å²) in [5, 5.41) is 2.87. The lowest BCUT2D eigenvalue weighted by molar-refractivity contribution is -0.134. The van der Waals surface area contributed by atoms with Gasteiger partial charge in [-0.25, -0.2) is 0 Å². The number of amides is 2. The number of para-hydroxylation sites is 1. The summed E-state index contributed by atoms with van der Waals surface area (Å²) in [6.07, 6.45) is 3.10. The molecule has 5 nitrogen and oxygen atoms in total. The van der Waals surface area contributed by atoms with Gasteiger partial charge < -0.3 is 15.0 Å². The van der Waals surface area contributed by atoms with Crippen LogP contribution >= 0.6 is 15.9 Å². The van der Waals surface area contributed by atoms with Gasteiger partial charge in [0.15, 0.2) is 0 Å². The number of benzene rings is 1. The van der Waals surface area contributed by atoms with E-state index in [0.29, 0.717) is 25.5 Å². The number of hydrogen-bond acceptors (Lipinski definition) is 3. The highest BCUT2D eigenvalue weighted by Crippen LogP contribution is 2.23. The van der Waals surface area contributed by atoms with Gasteiger partial charge in [-0.3, -0.25) is 9.59 Å². The lowest BCUT2D eigenvalue weighted by atomic mass is 10.3. The Hall–Kier alpha value is -1.56. The summed E-state index contributed by atoms with van der Waals surface area (Å²) in [5.74, 6) is 0.650. The molecule has 0 saturated heterocycles. The maximum absolute atomic E-state index is 11.9. The van der Waals surface area contributed by atoms with E-state index in [-0.39, 0.29) is 18.4 Å². The minimum absolute atomic E-state index is 0.0401. The van der Waals surface area contributed by atoms with Crippen molar-refractivity contribution in [3.63, 3.8) is 0 Å². The Morgan fingerprint density at radius 3 is 2.77 bits per heavy atom. The third-order valence-corrected chi connectivity index (χ3v) is 4.03. The molecule has 6 heteroatoms. The number of hydrogen-bond donors (Lipinski definition) is 1. The number of carbonyl (C=O) groups excluding carboxylic acids is 2. The van der Waals surface area contributed by atoms with Crippen molar-refractivity contribution in [2.24, 2.45) is 0 Å². The van der Waals surface area contributed by atoms with Crippen molar-refractivity contribution in [3.8, 4) is 5.75 Å². The Labute approximate surface area is 139 Å². The predicted molar refractivity (Wildman–Crippen MR) is 87.7 cm³/mol. The van der Waals surface area contributed by atoms with Crippen LogP contribution in [-0.4, -0.2) is 43.0 Å². The summed E-state index contributed by atoms with van der Waals surface area (Å²) in [6.45, 7) is 0.594. The standard InChI is InChI=1S/C16H21BrN2O3/c1-19(11-15(20)18-12-8-9-12)16(21)7-4-10-22-14-6-3-2-5-13(14)17/h2-3,5-6,12H,4,7-11H2,1H3,(H,18,20). The first kappa shape index (κ1) is 16.8. The Morgan fingerprint density at radius 1 is 1.36 bits per heavy atom. The zero-order chi connectivity index (χ0) is 15.9. The van der Waals surface area contributed by atoms with Crippen LogP contribution in [0.25, 0.3) is 0 Å². The third kappa shape index (κ3) is 5.67. The van der Waals surface area contributed by atoms with Crippen molar-refractivity contribution in [2.75, 3.05) is 20.2 Å². The highest BCUT2D eigenvalue weighted by Gasteiger charge is 2.24. The van der Waals surface area contributed by atoms with Crippen LogP contribution in [0.1, 0.15) is 25.7 Å². The summed E-state index contributed by atoms with van der Waals surface area (Å²) < 4.78 is 6.51. The van der Waals surface area contributed by atoms with Crippen LogP contribution in [-0.2, 0) is 9.59 Å². The first-order valence-electron chi connectivity index (χ1n) is 7.47. The van der Waals surface area contributed by atoms with Crippen molar-refractivity contribution in [1.82, 2.24) is 10.2 Å². The fraction of sp³-hybridized carbons (Fsp3) is 0.500. The normalized spacial score (nSPS) is 13.5. The van der Waals surface area contributed by atoms with E-state index in [9.17, 15) is 9.59 Å². The summed E-state index contributed by atoms with van der Waals surface area (Å²) >= 11 is 3.41. The van der Waals surface area contributed by atoms with Crippen molar-refractivity contribution in [3.05, 3.63) is 28.7 Å². The molecule has 2 amide bonds. The SMILES string of the molecule is CN(CC(=O)NC1CC1)C(=O)CCCOc1ccccc1Br. The highest BCUT2D eigenvalue weighted by molar-refractivity contribution is 9.10. The molecule has 1 aliphatic rings. The third-order valence-electron chi connectivity index (χ3n) is 3.38. The Morgan fingerprint density at radius 2 is 2.09 bits per heavy atom. The molecule has 0 atom stereocenters. The van der Waals surface area contributed by atoms with E-state index in [0.717, 1.165) is 23.1 Å². The molecule has 1 aliphatic carbocycles. The molecule has 2 rings (SSSR count). The molecule has 0 aliphatic heterocycles. The molecule has 1 fully saturated rings. The molecule has 0 unspecified atom stereocenters. The average molecular weight is 369 g/mol. The second-order valence-electron chi connectivity index (χ2n) is 5.47. The van der Waals surface area contributed by atoms with Crippen LogP contribution in [0.2, 0.25) is 0 Å². The molecule has 1 N–H and O–H groups in total. The second-order valence-corrected chi connectivity index (χ2v) is 6.33.